The van der Waals surface area contributed by atoms with Crippen LogP contribution in [0, 0.1) is 0 Å². The lowest BCUT2D eigenvalue weighted by Crippen LogP contribution is -2.42. The van der Waals surface area contributed by atoms with Crippen molar-refractivity contribution >= 4 is 57.6 Å². The largest absolute Gasteiger partial charge is 0.496 e. The van der Waals surface area contributed by atoms with Gasteiger partial charge in [-0.3, -0.25) is 9.59 Å². The van der Waals surface area contributed by atoms with Gasteiger partial charge in [0.2, 0.25) is 23.1 Å². The van der Waals surface area contributed by atoms with E-state index in [-0.39, 0.29) is 24.1 Å². The van der Waals surface area contributed by atoms with E-state index < -0.39 is 23.6 Å². The molecule has 13 nitrogen and oxygen atoms in total. The van der Waals surface area contributed by atoms with E-state index >= 15 is 0 Å². The fraction of sp³-hybridized carbons (Fsp3) is 0.366. The highest BCUT2D eigenvalue weighted by Crippen LogP contribution is 2.38. The number of carbonyl (C=O) groups is 3. The monoisotopic (exact) mass is 831 g/mol. The molecular formula is C41H42ClN5O8S2. The molecule has 1 aromatic carbocycles. The second-order valence-electron chi connectivity index (χ2n) is 14.1. The zero-order valence-corrected chi connectivity index (χ0v) is 33.7. The second kappa shape index (κ2) is 17.9. The third-order valence-corrected chi connectivity index (χ3v) is 12.7. The molecule has 2 aliphatic carbocycles. The van der Waals surface area contributed by atoms with E-state index in [9.17, 15) is 24.6 Å². The Morgan fingerprint density at radius 3 is 2.51 bits per heavy atom. The van der Waals surface area contributed by atoms with Crippen LogP contribution in [-0.2, 0) is 37.7 Å². The van der Waals surface area contributed by atoms with E-state index in [0.717, 1.165) is 44.2 Å². The molecule has 4 heterocycles. The first-order chi connectivity index (χ1) is 27.5. The third kappa shape index (κ3) is 8.94. The first-order valence-electron chi connectivity index (χ1n) is 18.6. The molecule has 0 saturated heterocycles. The first kappa shape index (κ1) is 40.6. The van der Waals surface area contributed by atoms with Gasteiger partial charge in [0.15, 0.2) is 0 Å². The molecule has 298 valence electrons. The fourth-order valence-corrected chi connectivity index (χ4v) is 9.28. The molecule has 1 aliphatic heterocycles. The Labute approximate surface area is 342 Å². The van der Waals surface area contributed by atoms with Gasteiger partial charge in [0.1, 0.15) is 17.6 Å². The highest BCUT2D eigenvalue weighted by atomic mass is 35.5. The minimum absolute atomic E-state index is 0.0346. The number of esters is 1. The molecule has 0 spiro atoms. The molecule has 16 heteroatoms. The minimum Gasteiger partial charge on any atom is -0.496 e. The Morgan fingerprint density at radius 1 is 1.09 bits per heavy atom. The van der Waals surface area contributed by atoms with Gasteiger partial charge in [0.05, 0.1) is 28.0 Å². The normalized spacial score (nSPS) is 18.9. The predicted molar refractivity (Wildman–Crippen MR) is 216 cm³/mol. The summed E-state index contributed by atoms with van der Waals surface area (Å²) in [6, 6.07) is 11.0. The number of rotatable bonds is 16. The van der Waals surface area contributed by atoms with E-state index in [2.05, 4.69) is 32.4 Å². The van der Waals surface area contributed by atoms with Crippen molar-refractivity contribution in [3.8, 4) is 17.1 Å². The van der Waals surface area contributed by atoms with Crippen LogP contribution in [0.3, 0.4) is 0 Å². The van der Waals surface area contributed by atoms with Crippen molar-refractivity contribution in [1.82, 2.24) is 20.4 Å². The molecule has 3 N–H and O–H groups in total. The second-order valence-corrected chi connectivity index (χ2v) is 16.4. The number of aryl methyl sites for hydroxylation is 1. The lowest BCUT2D eigenvalue weighted by Gasteiger charge is -2.35. The molecule has 0 radical (unpaired) electrons. The number of ketones is 1. The first-order valence-corrected chi connectivity index (χ1v) is 20.8. The van der Waals surface area contributed by atoms with Gasteiger partial charge >= 0.3 is 5.97 Å². The van der Waals surface area contributed by atoms with Crippen LogP contribution in [0.1, 0.15) is 53.3 Å². The molecule has 3 aliphatic rings. The van der Waals surface area contributed by atoms with Gasteiger partial charge in [-0.2, -0.15) is 4.98 Å². The maximum Gasteiger partial charge on any atom is 0.349 e. The maximum absolute atomic E-state index is 13.4. The molecule has 7 rings (SSSR count). The average molecular weight is 832 g/mol. The summed E-state index contributed by atoms with van der Waals surface area (Å²) in [5.41, 5.74) is 0.456. The average Bonchev–Trinajstić information content (AvgIpc) is 4.03. The number of benzene rings is 1. The number of ether oxygens (including phenoxy) is 2. The molecule has 1 saturated carbocycles. The number of thiophene rings is 2. The number of dihydropyridines is 1. The van der Waals surface area contributed by atoms with Crippen molar-refractivity contribution in [3.63, 3.8) is 0 Å². The van der Waals surface area contributed by atoms with E-state index in [4.69, 9.17) is 25.6 Å². The highest BCUT2D eigenvalue weighted by molar-refractivity contribution is 7.12. The van der Waals surface area contributed by atoms with Crippen molar-refractivity contribution in [3.05, 3.63) is 109 Å². The molecule has 0 bridgehead atoms. The van der Waals surface area contributed by atoms with Crippen LogP contribution >= 0.6 is 34.3 Å². The number of fused-ring (bicyclic) bond motifs is 1. The molecule has 1 atom stereocenters. The minimum atomic E-state index is -1.80. The summed E-state index contributed by atoms with van der Waals surface area (Å²) in [7, 11) is 3.65. The molecule has 0 unspecified atom stereocenters. The smallest absolute Gasteiger partial charge is 0.349 e. The molecule has 4 aromatic rings. The van der Waals surface area contributed by atoms with E-state index in [0.29, 0.717) is 68.0 Å². The van der Waals surface area contributed by atoms with E-state index in [1.54, 1.807) is 37.5 Å². The quantitative estimate of drug-likeness (QED) is 0.0943. The van der Waals surface area contributed by atoms with Crippen molar-refractivity contribution in [2.24, 2.45) is 4.99 Å². The Bertz CT molecular complexity index is 2190. The number of allylic oxidation sites excluding steroid dienone is 3. The lowest BCUT2D eigenvalue weighted by atomic mass is 9.89. The number of amides is 1. The van der Waals surface area contributed by atoms with Crippen LogP contribution in [0.4, 0.5) is 0 Å². The number of hydrogen-bond donors (Lipinski definition) is 3. The number of methoxy groups -OCH3 is 1. The number of aliphatic hydroxyl groups is 2. The Balaban J connectivity index is 0.876. The van der Waals surface area contributed by atoms with Crippen molar-refractivity contribution in [2.45, 2.75) is 68.9 Å². The summed E-state index contributed by atoms with van der Waals surface area (Å²) in [6.07, 6.45) is 8.95. The van der Waals surface area contributed by atoms with Gasteiger partial charge < -0.3 is 34.4 Å². The standard InChI is InChI=1S/C41H42ClN5O8S2/c1-47(25-9-11-26(12-10-25)54-40(51)41(52,34-6-4-18-56-34)35-7-5-19-57-35)17-3-8-37-45-39(46-55-37)29-21-33(53-2)24(20-30(29)42)22-43-23-32(49)27-13-15-31(48)38-28(27)14-16-36(50)44-38/h4-7,13-16,18-21,25-26,32,43,49,52H,3,8-12,17,22-23H2,1-2H3/t25?,26?,32-/m0/s1. The highest BCUT2D eigenvalue weighted by Gasteiger charge is 2.45. The fourth-order valence-electron chi connectivity index (χ4n) is 7.29. The number of aliphatic hydroxyl groups excluding tert-OH is 1. The summed E-state index contributed by atoms with van der Waals surface area (Å²) in [4.78, 5) is 49.1. The van der Waals surface area contributed by atoms with Crippen LogP contribution in [0.15, 0.2) is 92.1 Å². The topological polar surface area (TPSA) is 177 Å². The van der Waals surface area contributed by atoms with Gasteiger partial charge in [0.25, 0.3) is 5.91 Å². The molecule has 57 heavy (non-hydrogen) atoms. The van der Waals surface area contributed by atoms with Gasteiger partial charge in [0, 0.05) is 48.3 Å². The number of carbonyl (C=O) groups excluding carboxylic acids is 3. The zero-order chi connectivity index (χ0) is 40.1. The number of nitrogens with one attached hydrogen (secondary N) is 1. The summed E-state index contributed by atoms with van der Waals surface area (Å²) >= 11 is 9.38. The van der Waals surface area contributed by atoms with Crippen LogP contribution in [-0.4, -0.2) is 94.1 Å². The molecular weight excluding hydrogens is 790 g/mol. The van der Waals surface area contributed by atoms with Crippen molar-refractivity contribution < 1.29 is 38.6 Å². The third-order valence-electron chi connectivity index (χ3n) is 10.4. The van der Waals surface area contributed by atoms with E-state index in [1.807, 2.05) is 22.9 Å². The van der Waals surface area contributed by atoms with Gasteiger partial charge in [-0.15, -0.1) is 22.7 Å². The predicted octanol–water partition coefficient (Wildman–Crippen LogP) is 5.60. The van der Waals surface area contributed by atoms with Gasteiger partial charge in [-0.1, -0.05) is 35.0 Å². The summed E-state index contributed by atoms with van der Waals surface area (Å²) < 4.78 is 17.2. The SMILES string of the molecule is COc1cc(-c2noc(CCCN(C)C3CCC(OC(=O)C(O)(c4cccs4)c4cccs4)CC3)n2)c(Cl)cc1CNC[C@H](O)C1=C2C=CC(=O)N=C2C(=O)C=C1. The number of hydrogen-bond acceptors (Lipinski definition) is 14. The van der Waals surface area contributed by atoms with Crippen LogP contribution in [0.25, 0.3) is 11.4 Å². The summed E-state index contributed by atoms with van der Waals surface area (Å²) in [5.74, 6) is -0.130. The number of nitrogens with zero attached hydrogens (tertiary/aromatic N) is 4. The molecule has 1 fully saturated rings. The maximum atomic E-state index is 13.4. The van der Waals surface area contributed by atoms with Crippen LogP contribution in [0.2, 0.25) is 5.02 Å². The molecule has 1 amide bonds. The van der Waals surface area contributed by atoms with Gasteiger partial charge in [-0.25, -0.2) is 9.79 Å². The van der Waals surface area contributed by atoms with Crippen molar-refractivity contribution in [2.75, 3.05) is 27.2 Å². The Hall–Kier alpha value is -4.61. The summed E-state index contributed by atoms with van der Waals surface area (Å²) in [5, 5.41) is 34.0. The van der Waals surface area contributed by atoms with Crippen LogP contribution < -0.4 is 10.1 Å². The Morgan fingerprint density at radius 2 is 1.82 bits per heavy atom. The number of halogens is 1. The zero-order valence-electron chi connectivity index (χ0n) is 31.4. The van der Waals surface area contributed by atoms with E-state index in [1.165, 1.54) is 40.9 Å². The number of aliphatic imine (C=N–C) groups is 1. The lowest BCUT2D eigenvalue weighted by molar-refractivity contribution is -0.169. The summed E-state index contributed by atoms with van der Waals surface area (Å²) in [6.45, 7) is 1.27. The van der Waals surface area contributed by atoms with Crippen LogP contribution in [0.5, 0.6) is 5.75 Å². The Kier molecular flexibility index (Phi) is 12.7. The number of aromatic nitrogens is 2. The van der Waals surface area contributed by atoms with Crippen molar-refractivity contribution in [1.29, 1.82) is 0 Å². The molecule has 3 aromatic heterocycles. The van der Waals surface area contributed by atoms with Gasteiger partial charge in [-0.05, 0) is 98.4 Å².